The average Bonchev–Trinajstić information content (AvgIpc) is 3.14. The van der Waals surface area contributed by atoms with Crippen LogP contribution in [0.1, 0.15) is 61.7 Å². The van der Waals surface area contributed by atoms with Crippen molar-refractivity contribution in [2.45, 2.75) is 62.7 Å². The zero-order valence-corrected chi connectivity index (χ0v) is 15.9. The summed E-state index contributed by atoms with van der Waals surface area (Å²) in [4.78, 5) is 12.5. The van der Waals surface area contributed by atoms with Crippen LogP contribution in [-0.4, -0.2) is 31.9 Å². The maximum atomic E-state index is 12.5. The van der Waals surface area contributed by atoms with Gasteiger partial charge in [0, 0.05) is 0 Å². The van der Waals surface area contributed by atoms with Crippen LogP contribution in [0.3, 0.4) is 0 Å². The smallest absolute Gasteiger partial charge is 0.230 e. The molecular formula is C19H25N5OS. The second-order valence-electron chi connectivity index (χ2n) is 7.43. The maximum Gasteiger partial charge on any atom is 0.230 e. The highest BCUT2D eigenvalue weighted by Crippen LogP contribution is 2.41. The van der Waals surface area contributed by atoms with Crippen molar-refractivity contribution in [2.75, 3.05) is 5.75 Å². The molecule has 138 valence electrons. The molecule has 2 fully saturated rings. The van der Waals surface area contributed by atoms with Crippen molar-refractivity contribution in [3.05, 3.63) is 35.4 Å². The molecule has 0 radical (unpaired) electrons. The summed E-state index contributed by atoms with van der Waals surface area (Å²) in [6, 6.07) is 9.00. The Hall–Kier alpha value is -1.89. The first-order valence-electron chi connectivity index (χ1n) is 9.47. The van der Waals surface area contributed by atoms with E-state index in [0.29, 0.717) is 17.7 Å². The van der Waals surface area contributed by atoms with Crippen LogP contribution in [0.2, 0.25) is 0 Å². The van der Waals surface area contributed by atoms with E-state index in [-0.39, 0.29) is 11.9 Å². The van der Waals surface area contributed by atoms with Gasteiger partial charge < -0.3 is 5.32 Å². The van der Waals surface area contributed by atoms with Crippen LogP contribution in [0.15, 0.2) is 29.4 Å². The number of carbonyl (C=O) groups excluding carboxylic acids is 1. The molecule has 4 rings (SSSR count). The average molecular weight is 372 g/mol. The van der Waals surface area contributed by atoms with Crippen molar-refractivity contribution < 1.29 is 4.79 Å². The van der Waals surface area contributed by atoms with E-state index in [2.05, 4.69) is 52.0 Å². The number of benzene rings is 1. The molecule has 0 bridgehead atoms. The molecule has 2 aliphatic carbocycles. The highest BCUT2D eigenvalue weighted by molar-refractivity contribution is 7.99. The second-order valence-corrected chi connectivity index (χ2v) is 8.37. The van der Waals surface area contributed by atoms with Crippen LogP contribution < -0.4 is 5.32 Å². The van der Waals surface area contributed by atoms with Gasteiger partial charge in [-0.2, -0.15) is 0 Å². The second kappa shape index (κ2) is 7.78. The molecule has 0 spiro atoms. The summed E-state index contributed by atoms with van der Waals surface area (Å²) in [6.45, 7) is 2.08. The standard InChI is InChI=1S/C19H25N5OS/c1-13-6-8-14(9-7-13)18(15-10-11-15)20-17(25)12-26-19-21-22-23-24(19)16-4-2-3-5-16/h6-9,15-16,18H,2-5,10-12H2,1H3,(H,20,25). The summed E-state index contributed by atoms with van der Waals surface area (Å²) in [5.41, 5.74) is 2.44. The number of thioether (sulfide) groups is 1. The SMILES string of the molecule is Cc1ccc(C(NC(=O)CSc2nnnn2C2CCCC2)C2CC2)cc1. The third-order valence-corrected chi connectivity index (χ3v) is 6.25. The van der Waals surface area contributed by atoms with Crippen LogP contribution >= 0.6 is 11.8 Å². The fraction of sp³-hybridized carbons (Fsp3) is 0.579. The van der Waals surface area contributed by atoms with Gasteiger partial charge >= 0.3 is 0 Å². The van der Waals surface area contributed by atoms with Crippen molar-refractivity contribution in [2.24, 2.45) is 5.92 Å². The number of rotatable bonds is 7. The molecule has 6 nitrogen and oxygen atoms in total. The highest BCUT2D eigenvalue weighted by atomic mass is 32.2. The molecule has 1 atom stereocenters. The number of tetrazole rings is 1. The third-order valence-electron chi connectivity index (χ3n) is 5.31. The molecule has 1 aromatic heterocycles. The number of nitrogens with zero attached hydrogens (tertiary/aromatic N) is 4. The number of nitrogens with one attached hydrogen (secondary N) is 1. The number of aryl methyl sites for hydroxylation is 1. The van der Waals surface area contributed by atoms with E-state index in [4.69, 9.17) is 0 Å². The van der Waals surface area contributed by atoms with Gasteiger partial charge in [0.15, 0.2) is 0 Å². The molecule has 1 N–H and O–H groups in total. The lowest BCUT2D eigenvalue weighted by atomic mass is 10.0. The van der Waals surface area contributed by atoms with Crippen LogP contribution in [0.4, 0.5) is 0 Å². The number of aromatic nitrogens is 4. The predicted octanol–water partition coefficient (Wildman–Crippen LogP) is 3.46. The number of amides is 1. The van der Waals surface area contributed by atoms with Crippen LogP contribution in [-0.2, 0) is 4.79 Å². The fourth-order valence-electron chi connectivity index (χ4n) is 3.68. The Kier molecular flexibility index (Phi) is 5.24. The summed E-state index contributed by atoms with van der Waals surface area (Å²) >= 11 is 1.44. The zero-order valence-electron chi connectivity index (χ0n) is 15.1. The molecule has 1 aromatic carbocycles. The van der Waals surface area contributed by atoms with E-state index in [1.807, 2.05) is 4.68 Å². The molecule has 2 saturated carbocycles. The Morgan fingerprint density at radius 2 is 1.96 bits per heavy atom. The molecule has 2 aromatic rings. The summed E-state index contributed by atoms with van der Waals surface area (Å²) in [7, 11) is 0. The molecule has 0 aliphatic heterocycles. The van der Waals surface area contributed by atoms with E-state index >= 15 is 0 Å². The van der Waals surface area contributed by atoms with Gasteiger partial charge in [0.1, 0.15) is 0 Å². The first-order valence-corrected chi connectivity index (χ1v) is 10.5. The number of hydrogen-bond acceptors (Lipinski definition) is 5. The van der Waals surface area contributed by atoms with E-state index in [1.54, 1.807) is 0 Å². The van der Waals surface area contributed by atoms with Crippen LogP contribution in [0, 0.1) is 12.8 Å². The zero-order chi connectivity index (χ0) is 17.9. The first kappa shape index (κ1) is 17.5. The summed E-state index contributed by atoms with van der Waals surface area (Å²) < 4.78 is 1.91. The molecule has 1 amide bonds. The number of hydrogen-bond donors (Lipinski definition) is 1. The van der Waals surface area contributed by atoms with Crippen molar-refractivity contribution >= 4 is 17.7 Å². The minimum absolute atomic E-state index is 0.0495. The fourth-order valence-corrected chi connectivity index (χ4v) is 4.44. The van der Waals surface area contributed by atoms with Gasteiger partial charge in [-0.15, -0.1) is 5.10 Å². The Morgan fingerprint density at radius 1 is 1.23 bits per heavy atom. The first-order chi connectivity index (χ1) is 12.7. The molecule has 7 heteroatoms. The summed E-state index contributed by atoms with van der Waals surface area (Å²) in [5.74, 6) is 0.964. The normalized spacial score (nSPS) is 18.8. The Morgan fingerprint density at radius 3 is 2.65 bits per heavy atom. The Balaban J connectivity index is 1.36. The van der Waals surface area contributed by atoms with Gasteiger partial charge in [0.05, 0.1) is 17.8 Å². The van der Waals surface area contributed by atoms with Crippen LogP contribution in [0.5, 0.6) is 0 Å². The van der Waals surface area contributed by atoms with E-state index in [9.17, 15) is 4.79 Å². The molecular weight excluding hydrogens is 346 g/mol. The molecule has 1 heterocycles. The minimum atomic E-state index is 0.0495. The quantitative estimate of drug-likeness (QED) is 0.755. The molecule has 0 saturated heterocycles. The van der Waals surface area contributed by atoms with Gasteiger partial charge in [0.2, 0.25) is 11.1 Å². The lowest BCUT2D eigenvalue weighted by Crippen LogP contribution is -2.31. The van der Waals surface area contributed by atoms with Gasteiger partial charge in [-0.1, -0.05) is 54.4 Å². The van der Waals surface area contributed by atoms with E-state index in [0.717, 1.165) is 18.0 Å². The Bertz CT molecular complexity index is 750. The summed E-state index contributed by atoms with van der Waals surface area (Å²) in [5, 5.41) is 16.0. The maximum absolute atomic E-state index is 12.5. The number of carbonyl (C=O) groups is 1. The third kappa shape index (κ3) is 4.09. The molecule has 1 unspecified atom stereocenters. The van der Waals surface area contributed by atoms with E-state index < -0.39 is 0 Å². The van der Waals surface area contributed by atoms with Gasteiger partial charge in [0.25, 0.3) is 0 Å². The van der Waals surface area contributed by atoms with Gasteiger partial charge in [-0.3, -0.25) is 4.79 Å². The minimum Gasteiger partial charge on any atom is -0.348 e. The van der Waals surface area contributed by atoms with Crippen molar-refractivity contribution in [3.8, 4) is 0 Å². The van der Waals surface area contributed by atoms with Gasteiger partial charge in [-0.25, -0.2) is 4.68 Å². The largest absolute Gasteiger partial charge is 0.348 e. The Labute approximate surface area is 158 Å². The topological polar surface area (TPSA) is 72.7 Å². The summed E-state index contributed by atoms with van der Waals surface area (Å²) in [6.07, 6.45) is 7.09. The molecule has 26 heavy (non-hydrogen) atoms. The van der Waals surface area contributed by atoms with Crippen LogP contribution in [0.25, 0.3) is 0 Å². The van der Waals surface area contributed by atoms with E-state index in [1.165, 1.54) is 48.6 Å². The highest BCUT2D eigenvalue weighted by Gasteiger charge is 2.33. The lowest BCUT2D eigenvalue weighted by molar-refractivity contribution is -0.119. The monoisotopic (exact) mass is 371 g/mol. The van der Waals surface area contributed by atoms with Crippen molar-refractivity contribution in [1.82, 2.24) is 25.5 Å². The lowest BCUT2D eigenvalue weighted by Gasteiger charge is -2.19. The predicted molar refractivity (Wildman–Crippen MR) is 101 cm³/mol. The molecule has 2 aliphatic rings. The van der Waals surface area contributed by atoms with Crippen molar-refractivity contribution in [3.63, 3.8) is 0 Å². The van der Waals surface area contributed by atoms with Gasteiger partial charge in [-0.05, 0) is 54.5 Å². The van der Waals surface area contributed by atoms with Crippen molar-refractivity contribution in [1.29, 1.82) is 0 Å².